The Kier molecular flexibility index (Phi) is 5.16. The van der Waals surface area contributed by atoms with Crippen molar-refractivity contribution in [2.24, 2.45) is 0 Å². The molecule has 0 aliphatic carbocycles. The van der Waals surface area contributed by atoms with Crippen molar-refractivity contribution in [3.05, 3.63) is 23.4 Å². The van der Waals surface area contributed by atoms with E-state index in [-0.39, 0.29) is 0 Å². The number of aromatic nitrogens is 1. The summed E-state index contributed by atoms with van der Waals surface area (Å²) in [7, 11) is 4.13. The van der Waals surface area contributed by atoms with E-state index in [1.54, 1.807) is 0 Å². The average molecular weight is 263 g/mol. The van der Waals surface area contributed by atoms with Crippen LogP contribution in [0.15, 0.2) is 12.1 Å². The van der Waals surface area contributed by atoms with Crippen LogP contribution in [0.3, 0.4) is 0 Å². The molecule has 1 aliphatic heterocycles. The molecular formula is C15H25N3O. The van der Waals surface area contributed by atoms with Crippen molar-refractivity contribution in [1.82, 2.24) is 10.3 Å². The van der Waals surface area contributed by atoms with E-state index in [1.165, 1.54) is 11.3 Å². The topological polar surface area (TPSA) is 37.4 Å². The third-order valence-corrected chi connectivity index (χ3v) is 3.77. The van der Waals surface area contributed by atoms with Crippen LogP contribution in [-0.2, 0) is 17.7 Å². The summed E-state index contributed by atoms with van der Waals surface area (Å²) in [6.45, 7) is 4.78. The zero-order chi connectivity index (χ0) is 13.7. The fourth-order valence-corrected chi connectivity index (χ4v) is 2.56. The second kappa shape index (κ2) is 6.87. The van der Waals surface area contributed by atoms with Gasteiger partial charge in [-0.25, -0.2) is 4.98 Å². The first-order valence-corrected chi connectivity index (χ1v) is 7.19. The molecule has 0 bridgehead atoms. The minimum atomic E-state index is 0.552. The Hall–Kier alpha value is -1.13. The number of anilines is 1. The summed E-state index contributed by atoms with van der Waals surface area (Å²) in [4.78, 5) is 7.09. The number of nitrogens with zero attached hydrogens (tertiary/aromatic N) is 2. The zero-order valence-electron chi connectivity index (χ0n) is 12.3. The standard InChI is InChI=1S/C15H25N3O/c1-4-13-9-12(11-16-2)10-15(17-13)18(3)14-5-7-19-8-6-14/h9-10,14,16H,4-8,11H2,1-3H3. The summed E-state index contributed by atoms with van der Waals surface area (Å²) < 4.78 is 5.44. The minimum absolute atomic E-state index is 0.552. The number of nitrogens with one attached hydrogen (secondary N) is 1. The van der Waals surface area contributed by atoms with Gasteiger partial charge in [0.1, 0.15) is 5.82 Å². The van der Waals surface area contributed by atoms with Gasteiger partial charge in [0.25, 0.3) is 0 Å². The summed E-state index contributed by atoms with van der Waals surface area (Å²) >= 11 is 0. The van der Waals surface area contributed by atoms with Crippen LogP contribution in [0.1, 0.15) is 31.0 Å². The van der Waals surface area contributed by atoms with Crippen molar-refractivity contribution in [2.45, 2.75) is 38.8 Å². The quantitative estimate of drug-likeness (QED) is 0.881. The molecule has 0 amide bonds. The lowest BCUT2D eigenvalue weighted by atomic mass is 10.1. The maximum Gasteiger partial charge on any atom is 0.129 e. The smallest absolute Gasteiger partial charge is 0.129 e. The second-order valence-corrected chi connectivity index (χ2v) is 5.16. The summed E-state index contributed by atoms with van der Waals surface area (Å²) in [5, 5.41) is 3.21. The minimum Gasteiger partial charge on any atom is -0.381 e. The highest BCUT2D eigenvalue weighted by Gasteiger charge is 2.20. The highest BCUT2D eigenvalue weighted by atomic mass is 16.5. The highest BCUT2D eigenvalue weighted by molar-refractivity contribution is 5.43. The summed E-state index contributed by atoms with van der Waals surface area (Å²) in [6.07, 6.45) is 3.16. The molecule has 2 heterocycles. The molecule has 0 aromatic carbocycles. The van der Waals surface area contributed by atoms with Crippen molar-refractivity contribution < 1.29 is 4.74 Å². The lowest BCUT2D eigenvalue weighted by Gasteiger charge is -2.32. The molecule has 1 aromatic rings. The van der Waals surface area contributed by atoms with Gasteiger partial charge in [0.2, 0.25) is 0 Å². The van der Waals surface area contributed by atoms with Crippen LogP contribution in [0.4, 0.5) is 5.82 Å². The average Bonchev–Trinajstić information content (AvgIpc) is 2.47. The van der Waals surface area contributed by atoms with Crippen molar-refractivity contribution in [3.63, 3.8) is 0 Å². The molecule has 19 heavy (non-hydrogen) atoms. The van der Waals surface area contributed by atoms with E-state index in [2.05, 4.69) is 36.3 Å². The first-order valence-electron chi connectivity index (χ1n) is 7.19. The van der Waals surface area contributed by atoms with E-state index in [0.717, 1.165) is 44.8 Å². The molecule has 1 fully saturated rings. The molecule has 1 N–H and O–H groups in total. The van der Waals surface area contributed by atoms with Crippen LogP contribution in [0.25, 0.3) is 0 Å². The molecule has 0 unspecified atom stereocenters. The SMILES string of the molecule is CCc1cc(CNC)cc(N(C)C2CCOCC2)n1. The van der Waals surface area contributed by atoms with Crippen LogP contribution in [-0.4, -0.2) is 38.3 Å². The molecule has 106 valence electrons. The molecule has 0 radical (unpaired) electrons. The molecule has 0 atom stereocenters. The molecule has 0 saturated carbocycles. The Morgan fingerprint density at radius 3 is 2.74 bits per heavy atom. The van der Waals surface area contributed by atoms with Gasteiger partial charge in [-0.15, -0.1) is 0 Å². The van der Waals surface area contributed by atoms with Gasteiger partial charge in [0.15, 0.2) is 0 Å². The first-order chi connectivity index (χ1) is 9.24. The van der Waals surface area contributed by atoms with Crippen molar-refractivity contribution in [3.8, 4) is 0 Å². The maximum atomic E-state index is 5.44. The van der Waals surface area contributed by atoms with Gasteiger partial charge < -0.3 is 15.0 Å². The molecule has 1 aliphatic rings. The van der Waals surface area contributed by atoms with Gasteiger partial charge in [-0.3, -0.25) is 0 Å². The normalized spacial score (nSPS) is 16.6. The van der Waals surface area contributed by atoms with Crippen molar-refractivity contribution in [1.29, 1.82) is 0 Å². The van der Waals surface area contributed by atoms with Crippen LogP contribution < -0.4 is 10.2 Å². The Morgan fingerprint density at radius 2 is 2.11 bits per heavy atom. The molecule has 1 saturated heterocycles. The Labute approximate surface area is 116 Å². The number of pyridine rings is 1. The summed E-state index contributed by atoms with van der Waals surface area (Å²) in [6, 6.07) is 4.94. The van der Waals surface area contributed by atoms with E-state index in [0.29, 0.717) is 6.04 Å². The largest absolute Gasteiger partial charge is 0.381 e. The summed E-state index contributed by atoms with van der Waals surface area (Å²) in [5.41, 5.74) is 2.48. The fraction of sp³-hybridized carbons (Fsp3) is 0.667. The number of ether oxygens (including phenoxy) is 1. The van der Waals surface area contributed by atoms with Gasteiger partial charge >= 0.3 is 0 Å². The van der Waals surface area contributed by atoms with Gasteiger partial charge in [-0.1, -0.05) is 6.92 Å². The van der Waals surface area contributed by atoms with E-state index >= 15 is 0 Å². The Morgan fingerprint density at radius 1 is 1.37 bits per heavy atom. The van der Waals surface area contributed by atoms with Gasteiger partial charge in [0.05, 0.1) is 0 Å². The van der Waals surface area contributed by atoms with E-state index in [1.807, 2.05) is 7.05 Å². The molecule has 1 aromatic heterocycles. The van der Waals surface area contributed by atoms with E-state index in [4.69, 9.17) is 9.72 Å². The second-order valence-electron chi connectivity index (χ2n) is 5.16. The predicted molar refractivity (Wildman–Crippen MR) is 78.6 cm³/mol. The van der Waals surface area contributed by atoms with Gasteiger partial charge in [-0.05, 0) is 44.0 Å². The van der Waals surface area contributed by atoms with Crippen LogP contribution in [0.5, 0.6) is 0 Å². The van der Waals surface area contributed by atoms with Crippen LogP contribution in [0, 0.1) is 0 Å². The zero-order valence-corrected chi connectivity index (χ0v) is 12.3. The van der Waals surface area contributed by atoms with Crippen molar-refractivity contribution >= 4 is 5.82 Å². The van der Waals surface area contributed by atoms with Gasteiger partial charge in [-0.2, -0.15) is 0 Å². The Bertz CT molecular complexity index is 402. The monoisotopic (exact) mass is 263 g/mol. The molecular weight excluding hydrogens is 238 g/mol. The number of hydrogen-bond donors (Lipinski definition) is 1. The lowest BCUT2D eigenvalue weighted by Crippen LogP contribution is -2.37. The highest BCUT2D eigenvalue weighted by Crippen LogP contribution is 2.21. The number of hydrogen-bond acceptors (Lipinski definition) is 4. The maximum absolute atomic E-state index is 5.44. The predicted octanol–water partition coefficient (Wildman–Crippen LogP) is 1.98. The van der Waals surface area contributed by atoms with Crippen LogP contribution in [0.2, 0.25) is 0 Å². The summed E-state index contributed by atoms with van der Waals surface area (Å²) in [5.74, 6) is 1.09. The number of aryl methyl sites for hydroxylation is 1. The number of rotatable bonds is 5. The molecule has 2 rings (SSSR count). The first kappa shape index (κ1) is 14.3. The van der Waals surface area contributed by atoms with Crippen LogP contribution >= 0.6 is 0 Å². The van der Waals surface area contributed by atoms with E-state index in [9.17, 15) is 0 Å². The van der Waals surface area contributed by atoms with Crippen molar-refractivity contribution in [2.75, 3.05) is 32.2 Å². The Balaban J connectivity index is 2.18. The third kappa shape index (κ3) is 3.67. The molecule has 4 nitrogen and oxygen atoms in total. The lowest BCUT2D eigenvalue weighted by molar-refractivity contribution is 0.0853. The van der Waals surface area contributed by atoms with Gasteiger partial charge in [0, 0.05) is 38.5 Å². The third-order valence-electron chi connectivity index (χ3n) is 3.77. The molecule has 4 heteroatoms. The fourth-order valence-electron chi connectivity index (χ4n) is 2.56. The molecule has 0 spiro atoms. The van der Waals surface area contributed by atoms with E-state index < -0.39 is 0 Å².